The van der Waals surface area contributed by atoms with Gasteiger partial charge >= 0.3 is 0 Å². The summed E-state index contributed by atoms with van der Waals surface area (Å²) >= 11 is 6.40. The number of methoxy groups -OCH3 is 1. The van der Waals surface area contributed by atoms with Crippen LogP contribution in [-0.4, -0.2) is 26.9 Å². The molecule has 0 bridgehead atoms. The molecule has 1 heterocycles. The minimum absolute atomic E-state index is 0.265. The molecule has 2 unspecified atom stereocenters. The lowest BCUT2D eigenvalue weighted by Gasteiger charge is -2.25. The summed E-state index contributed by atoms with van der Waals surface area (Å²) in [4.78, 5) is 0. The van der Waals surface area contributed by atoms with E-state index in [0.29, 0.717) is 5.92 Å². The third kappa shape index (κ3) is 3.62. The molecule has 1 N–H and O–H groups in total. The van der Waals surface area contributed by atoms with Gasteiger partial charge in [0.15, 0.2) is 0 Å². The second-order valence-electron chi connectivity index (χ2n) is 4.94. The van der Waals surface area contributed by atoms with Gasteiger partial charge in [0.05, 0.1) is 13.7 Å². The first-order chi connectivity index (χ1) is 9.26. The van der Waals surface area contributed by atoms with Crippen LogP contribution in [0.2, 0.25) is 5.02 Å². The summed E-state index contributed by atoms with van der Waals surface area (Å²) in [6.45, 7) is 4.82. The molecule has 1 aromatic rings. The van der Waals surface area contributed by atoms with Gasteiger partial charge in [0.2, 0.25) is 0 Å². The summed E-state index contributed by atoms with van der Waals surface area (Å²) in [5, 5.41) is 4.36. The van der Waals surface area contributed by atoms with Crippen molar-refractivity contribution in [3.63, 3.8) is 0 Å². The van der Waals surface area contributed by atoms with Crippen LogP contribution >= 0.6 is 11.6 Å². The second kappa shape index (κ2) is 7.13. The van der Waals surface area contributed by atoms with Crippen LogP contribution in [-0.2, 0) is 4.74 Å². The summed E-state index contributed by atoms with van der Waals surface area (Å²) in [7, 11) is 1.66. The first-order valence-corrected chi connectivity index (χ1v) is 7.28. The standard InChI is InChI=1S/C15H22ClNO2/c1-3-7-17-15(11-6-8-19-10-11)13-5-4-12(18-2)9-14(13)16/h4-5,9,11,15,17H,3,6-8,10H2,1-2H3. The van der Waals surface area contributed by atoms with Gasteiger partial charge in [-0.05, 0) is 37.1 Å². The first kappa shape index (κ1) is 14.6. The van der Waals surface area contributed by atoms with E-state index in [1.165, 1.54) is 0 Å². The maximum atomic E-state index is 6.40. The van der Waals surface area contributed by atoms with Crippen LogP contribution in [0, 0.1) is 5.92 Å². The van der Waals surface area contributed by atoms with Crippen molar-refractivity contribution in [1.82, 2.24) is 5.32 Å². The molecule has 1 aromatic carbocycles. The smallest absolute Gasteiger partial charge is 0.120 e. The minimum Gasteiger partial charge on any atom is -0.497 e. The van der Waals surface area contributed by atoms with Gasteiger partial charge in [-0.3, -0.25) is 0 Å². The lowest BCUT2D eigenvalue weighted by molar-refractivity contribution is 0.176. The van der Waals surface area contributed by atoms with E-state index in [-0.39, 0.29) is 6.04 Å². The Labute approximate surface area is 120 Å². The molecular weight excluding hydrogens is 262 g/mol. The van der Waals surface area contributed by atoms with E-state index in [1.807, 2.05) is 12.1 Å². The van der Waals surface area contributed by atoms with Gasteiger partial charge in [-0.2, -0.15) is 0 Å². The molecule has 0 amide bonds. The highest BCUT2D eigenvalue weighted by Crippen LogP contribution is 2.34. The van der Waals surface area contributed by atoms with Crippen LogP contribution in [0.25, 0.3) is 0 Å². The average Bonchev–Trinajstić information content (AvgIpc) is 2.94. The van der Waals surface area contributed by atoms with Gasteiger partial charge in [-0.25, -0.2) is 0 Å². The quantitative estimate of drug-likeness (QED) is 0.868. The fraction of sp³-hybridized carbons (Fsp3) is 0.600. The summed E-state index contributed by atoms with van der Waals surface area (Å²) in [6.07, 6.45) is 2.20. The summed E-state index contributed by atoms with van der Waals surface area (Å²) in [6, 6.07) is 6.18. The van der Waals surface area contributed by atoms with Gasteiger partial charge < -0.3 is 14.8 Å². The van der Waals surface area contributed by atoms with Gasteiger partial charge in [0, 0.05) is 23.6 Å². The number of benzene rings is 1. The Bertz CT molecular complexity index is 405. The molecule has 106 valence electrons. The zero-order chi connectivity index (χ0) is 13.7. The molecule has 0 spiro atoms. The molecule has 0 aromatic heterocycles. The number of nitrogens with one attached hydrogen (secondary N) is 1. The Morgan fingerprint density at radius 2 is 2.37 bits per heavy atom. The number of hydrogen-bond acceptors (Lipinski definition) is 3. The van der Waals surface area contributed by atoms with Crippen molar-refractivity contribution in [2.75, 3.05) is 26.9 Å². The molecule has 0 radical (unpaired) electrons. The van der Waals surface area contributed by atoms with Crippen LogP contribution in [0.5, 0.6) is 5.75 Å². The van der Waals surface area contributed by atoms with Crippen LogP contribution in [0.1, 0.15) is 31.4 Å². The molecule has 3 nitrogen and oxygen atoms in total. The maximum absolute atomic E-state index is 6.40. The van der Waals surface area contributed by atoms with Crippen molar-refractivity contribution in [2.24, 2.45) is 5.92 Å². The zero-order valence-corrected chi connectivity index (χ0v) is 12.4. The Morgan fingerprint density at radius 1 is 1.53 bits per heavy atom. The largest absolute Gasteiger partial charge is 0.497 e. The van der Waals surface area contributed by atoms with E-state index >= 15 is 0 Å². The Balaban J connectivity index is 2.20. The number of hydrogen-bond donors (Lipinski definition) is 1. The summed E-state index contributed by atoms with van der Waals surface area (Å²) < 4.78 is 10.7. The van der Waals surface area contributed by atoms with Gasteiger partial charge in [-0.1, -0.05) is 24.6 Å². The van der Waals surface area contributed by atoms with Gasteiger partial charge in [0.1, 0.15) is 5.75 Å². The summed E-state index contributed by atoms with van der Waals surface area (Å²) in [5.74, 6) is 1.29. The molecule has 1 aliphatic rings. The van der Waals surface area contributed by atoms with Crippen molar-refractivity contribution in [3.05, 3.63) is 28.8 Å². The van der Waals surface area contributed by atoms with Crippen LogP contribution in [0.4, 0.5) is 0 Å². The lowest BCUT2D eigenvalue weighted by Crippen LogP contribution is -2.29. The highest BCUT2D eigenvalue weighted by atomic mass is 35.5. The fourth-order valence-corrected chi connectivity index (χ4v) is 2.82. The highest BCUT2D eigenvalue weighted by Gasteiger charge is 2.28. The monoisotopic (exact) mass is 283 g/mol. The maximum Gasteiger partial charge on any atom is 0.120 e. The third-order valence-corrected chi connectivity index (χ3v) is 3.92. The number of rotatable bonds is 6. The highest BCUT2D eigenvalue weighted by molar-refractivity contribution is 6.31. The second-order valence-corrected chi connectivity index (χ2v) is 5.35. The van der Waals surface area contributed by atoms with Crippen molar-refractivity contribution in [2.45, 2.75) is 25.8 Å². The van der Waals surface area contributed by atoms with E-state index in [2.05, 4.69) is 18.3 Å². The molecule has 4 heteroatoms. The van der Waals surface area contributed by atoms with E-state index < -0.39 is 0 Å². The van der Waals surface area contributed by atoms with Crippen molar-refractivity contribution in [1.29, 1.82) is 0 Å². The molecule has 2 atom stereocenters. The fourth-order valence-electron chi connectivity index (χ4n) is 2.53. The predicted octanol–water partition coefficient (Wildman–Crippen LogP) is 3.43. The Hall–Kier alpha value is -0.770. The van der Waals surface area contributed by atoms with E-state index in [9.17, 15) is 0 Å². The van der Waals surface area contributed by atoms with E-state index in [4.69, 9.17) is 21.1 Å². The van der Waals surface area contributed by atoms with E-state index in [0.717, 1.165) is 48.9 Å². The Morgan fingerprint density at radius 3 is 2.95 bits per heavy atom. The molecule has 0 aliphatic carbocycles. The molecule has 0 saturated carbocycles. The molecule has 2 rings (SSSR count). The molecule has 19 heavy (non-hydrogen) atoms. The van der Waals surface area contributed by atoms with Crippen LogP contribution in [0.3, 0.4) is 0 Å². The third-order valence-electron chi connectivity index (χ3n) is 3.59. The number of ether oxygens (including phenoxy) is 2. The zero-order valence-electron chi connectivity index (χ0n) is 11.6. The van der Waals surface area contributed by atoms with Gasteiger partial charge in [-0.15, -0.1) is 0 Å². The van der Waals surface area contributed by atoms with Crippen molar-refractivity contribution < 1.29 is 9.47 Å². The first-order valence-electron chi connectivity index (χ1n) is 6.90. The molecular formula is C15H22ClNO2. The van der Waals surface area contributed by atoms with Crippen LogP contribution < -0.4 is 10.1 Å². The Kier molecular flexibility index (Phi) is 5.49. The van der Waals surface area contributed by atoms with E-state index in [1.54, 1.807) is 7.11 Å². The van der Waals surface area contributed by atoms with Crippen molar-refractivity contribution in [3.8, 4) is 5.75 Å². The average molecular weight is 284 g/mol. The number of halogens is 1. The molecule has 1 saturated heterocycles. The van der Waals surface area contributed by atoms with Crippen molar-refractivity contribution >= 4 is 11.6 Å². The van der Waals surface area contributed by atoms with Crippen LogP contribution in [0.15, 0.2) is 18.2 Å². The topological polar surface area (TPSA) is 30.5 Å². The predicted molar refractivity (Wildman–Crippen MR) is 78.0 cm³/mol. The molecule has 1 aliphatic heterocycles. The normalized spacial score (nSPS) is 20.5. The summed E-state index contributed by atoms with van der Waals surface area (Å²) in [5.41, 5.74) is 1.14. The minimum atomic E-state index is 0.265. The lowest BCUT2D eigenvalue weighted by atomic mass is 9.92. The van der Waals surface area contributed by atoms with Gasteiger partial charge in [0.25, 0.3) is 0 Å². The molecule has 1 fully saturated rings. The SMILES string of the molecule is CCCNC(c1ccc(OC)cc1Cl)C1CCOC1.